The number of methoxy groups -OCH3 is 1. The number of fused-ring (bicyclic) bond motifs is 1. The monoisotopic (exact) mass is 562 g/mol. The second kappa shape index (κ2) is 12.4. The Bertz CT molecular complexity index is 1700. The number of hydrogen-bond donors (Lipinski definition) is 3. The molecule has 1 unspecified atom stereocenters. The molecular weight excluding hydrogens is 536 g/mol. The molecule has 7 nitrogen and oxygen atoms in total. The van der Waals surface area contributed by atoms with Gasteiger partial charge in [-0.15, -0.1) is 11.8 Å². The van der Waals surface area contributed by atoms with Crippen molar-refractivity contribution in [2.24, 2.45) is 0 Å². The maximum Gasteiger partial charge on any atom is 0.336 e. The van der Waals surface area contributed by atoms with Gasteiger partial charge in [-0.2, -0.15) is 0 Å². The lowest BCUT2D eigenvalue weighted by atomic mass is 9.98. The van der Waals surface area contributed by atoms with Gasteiger partial charge in [0.1, 0.15) is 11.0 Å². The number of carbonyl (C=O) groups is 3. The van der Waals surface area contributed by atoms with Gasteiger partial charge in [0, 0.05) is 27.2 Å². The predicted molar refractivity (Wildman–Crippen MR) is 162 cm³/mol. The van der Waals surface area contributed by atoms with Gasteiger partial charge in [-0.3, -0.25) is 9.59 Å². The third-order valence-corrected chi connectivity index (χ3v) is 7.71. The van der Waals surface area contributed by atoms with Gasteiger partial charge >= 0.3 is 5.97 Å². The smallest absolute Gasteiger partial charge is 0.336 e. The third kappa shape index (κ3) is 6.40. The van der Waals surface area contributed by atoms with Crippen molar-refractivity contribution in [3.63, 3.8) is 0 Å². The lowest BCUT2D eigenvalue weighted by Gasteiger charge is -2.17. The summed E-state index contributed by atoms with van der Waals surface area (Å²) >= 11 is 1.39. The second-order valence-electron chi connectivity index (χ2n) is 9.12. The zero-order chi connectivity index (χ0) is 28.8. The molecule has 1 atom stereocenters. The van der Waals surface area contributed by atoms with Gasteiger partial charge in [0.25, 0.3) is 5.91 Å². The molecule has 5 rings (SSSR count). The number of benzene rings is 5. The predicted octanol–water partition coefficient (Wildman–Crippen LogP) is 7.27. The van der Waals surface area contributed by atoms with E-state index in [9.17, 15) is 19.5 Å². The Hall–Kier alpha value is -5.08. The highest BCUT2D eigenvalue weighted by Crippen LogP contribution is 2.37. The fourth-order valence-electron chi connectivity index (χ4n) is 4.44. The van der Waals surface area contributed by atoms with Crippen molar-refractivity contribution in [1.29, 1.82) is 0 Å². The second-order valence-corrected chi connectivity index (χ2v) is 10.3. The van der Waals surface area contributed by atoms with Crippen molar-refractivity contribution in [3.8, 4) is 5.75 Å². The minimum absolute atomic E-state index is 0.0693. The SMILES string of the molecule is COc1ccc(NC(=O)C(Sc2ccc(NC(=O)c3cccc4cccc(C(=O)O)c34)cc2)c2ccccc2)cc1. The highest BCUT2D eigenvalue weighted by Gasteiger charge is 2.23. The molecule has 5 aromatic carbocycles. The fourth-order valence-corrected chi connectivity index (χ4v) is 5.47. The van der Waals surface area contributed by atoms with Crippen molar-refractivity contribution in [2.45, 2.75) is 10.1 Å². The van der Waals surface area contributed by atoms with Crippen LogP contribution in [0.5, 0.6) is 5.75 Å². The highest BCUT2D eigenvalue weighted by atomic mass is 32.2. The van der Waals surface area contributed by atoms with Crippen LogP contribution in [0.3, 0.4) is 0 Å². The number of carbonyl (C=O) groups excluding carboxylic acids is 2. The number of carboxylic acids is 1. The molecule has 204 valence electrons. The summed E-state index contributed by atoms with van der Waals surface area (Å²) in [6.45, 7) is 0. The molecule has 0 saturated carbocycles. The highest BCUT2D eigenvalue weighted by molar-refractivity contribution is 8.00. The summed E-state index contributed by atoms with van der Waals surface area (Å²) in [5, 5.41) is 16.0. The average molecular weight is 563 g/mol. The minimum Gasteiger partial charge on any atom is -0.497 e. The van der Waals surface area contributed by atoms with E-state index < -0.39 is 17.1 Å². The van der Waals surface area contributed by atoms with Crippen molar-refractivity contribution in [1.82, 2.24) is 0 Å². The molecule has 0 radical (unpaired) electrons. The summed E-state index contributed by atoms with van der Waals surface area (Å²) in [5.74, 6) is -0.979. The Morgan fingerprint density at radius 3 is 1.95 bits per heavy atom. The van der Waals surface area contributed by atoms with E-state index in [4.69, 9.17) is 4.74 Å². The van der Waals surface area contributed by atoms with Crippen molar-refractivity contribution >= 4 is 51.7 Å². The van der Waals surface area contributed by atoms with E-state index in [0.717, 1.165) is 10.5 Å². The third-order valence-electron chi connectivity index (χ3n) is 6.44. The lowest BCUT2D eigenvalue weighted by Crippen LogP contribution is -2.19. The van der Waals surface area contributed by atoms with Gasteiger partial charge in [-0.05, 0) is 71.6 Å². The molecule has 0 aliphatic rings. The maximum atomic E-state index is 13.4. The van der Waals surface area contributed by atoms with Crippen LogP contribution >= 0.6 is 11.8 Å². The molecule has 2 amide bonds. The molecule has 3 N–H and O–H groups in total. The number of ether oxygens (including phenoxy) is 1. The summed E-state index contributed by atoms with van der Waals surface area (Å²) in [7, 11) is 1.59. The number of aromatic carboxylic acids is 1. The topological polar surface area (TPSA) is 105 Å². The summed E-state index contributed by atoms with van der Waals surface area (Å²) in [6, 6.07) is 33.9. The Morgan fingerprint density at radius 1 is 0.707 bits per heavy atom. The first kappa shape index (κ1) is 27.5. The van der Waals surface area contributed by atoms with E-state index in [1.54, 1.807) is 73.8 Å². The van der Waals surface area contributed by atoms with Crippen LogP contribution < -0.4 is 15.4 Å². The molecular formula is C33H26N2O5S. The number of anilines is 2. The molecule has 0 fully saturated rings. The van der Waals surface area contributed by atoms with Crippen molar-refractivity contribution in [3.05, 3.63) is 132 Å². The maximum absolute atomic E-state index is 13.4. The molecule has 0 saturated heterocycles. The van der Waals surface area contributed by atoms with Crippen LogP contribution in [0, 0.1) is 0 Å². The number of amides is 2. The van der Waals surface area contributed by atoms with E-state index in [0.29, 0.717) is 27.9 Å². The largest absolute Gasteiger partial charge is 0.497 e. The standard InChI is InChI=1S/C33H26N2O5S/c1-40-25-17-13-23(14-18-25)35-32(37)30(22-7-3-2-4-8-22)41-26-19-15-24(16-20-26)34-31(36)27-11-5-9-21-10-6-12-28(29(21)27)33(38)39/h2-20,30H,1H3,(H,34,36)(H,35,37)(H,38,39). The number of thioether (sulfide) groups is 1. The molecule has 0 aliphatic heterocycles. The van der Waals surface area contributed by atoms with Crippen LogP contribution in [-0.2, 0) is 4.79 Å². The van der Waals surface area contributed by atoms with Crippen LogP contribution in [-0.4, -0.2) is 30.0 Å². The van der Waals surface area contributed by atoms with Gasteiger partial charge in [0.2, 0.25) is 5.91 Å². The first-order valence-corrected chi connectivity index (χ1v) is 13.6. The lowest BCUT2D eigenvalue weighted by molar-refractivity contribution is -0.115. The summed E-state index contributed by atoms with van der Waals surface area (Å²) in [5.41, 5.74) is 2.40. The quantitative estimate of drug-likeness (QED) is 0.163. The van der Waals surface area contributed by atoms with Gasteiger partial charge in [0.15, 0.2) is 0 Å². The average Bonchev–Trinajstić information content (AvgIpc) is 3.00. The van der Waals surface area contributed by atoms with Gasteiger partial charge in [-0.25, -0.2) is 4.79 Å². The van der Waals surface area contributed by atoms with Crippen molar-refractivity contribution < 1.29 is 24.2 Å². The van der Waals surface area contributed by atoms with Crippen LogP contribution in [0.15, 0.2) is 120 Å². The summed E-state index contributed by atoms with van der Waals surface area (Å²) in [6.07, 6.45) is 0. The summed E-state index contributed by atoms with van der Waals surface area (Å²) in [4.78, 5) is 39.2. The van der Waals surface area contributed by atoms with Crippen molar-refractivity contribution in [2.75, 3.05) is 17.7 Å². The zero-order valence-electron chi connectivity index (χ0n) is 22.0. The Kier molecular flexibility index (Phi) is 8.31. The number of nitrogens with one attached hydrogen (secondary N) is 2. The minimum atomic E-state index is -1.10. The molecule has 8 heteroatoms. The molecule has 0 aromatic heterocycles. The van der Waals surface area contributed by atoms with Crippen LogP contribution in [0.2, 0.25) is 0 Å². The summed E-state index contributed by atoms with van der Waals surface area (Å²) < 4.78 is 5.20. The first-order chi connectivity index (χ1) is 19.9. The van der Waals surface area contributed by atoms with Gasteiger partial charge in [-0.1, -0.05) is 54.6 Å². The van der Waals surface area contributed by atoms with E-state index in [1.165, 1.54) is 17.8 Å². The Morgan fingerprint density at radius 2 is 1.32 bits per heavy atom. The van der Waals surface area contributed by atoms with E-state index in [1.807, 2.05) is 42.5 Å². The number of rotatable bonds is 9. The van der Waals surface area contributed by atoms with Crippen LogP contribution in [0.25, 0.3) is 10.8 Å². The molecule has 5 aromatic rings. The molecule has 41 heavy (non-hydrogen) atoms. The van der Waals surface area contributed by atoms with E-state index in [-0.39, 0.29) is 17.0 Å². The van der Waals surface area contributed by atoms with E-state index in [2.05, 4.69) is 10.6 Å². The molecule has 0 spiro atoms. The normalized spacial score (nSPS) is 11.4. The van der Waals surface area contributed by atoms with Gasteiger partial charge in [0.05, 0.1) is 12.7 Å². The zero-order valence-corrected chi connectivity index (χ0v) is 22.9. The van der Waals surface area contributed by atoms with Crippen LogP contribution in [0.1, 0.15) is 31.5 Å². The molecule has 0 bridgehead atoms. The fraction of sp³-hybridized carbons (Fsp3) is 0.0606. The van der Waals surface area contributed by atoms with Crippen LogP contribution in [0.4, 0.5) is 11.4 Å². The Labute approximate surface area is 241 Å². The number of carboxylic acid groups (broad SMARTS) is 1. The Balaban J connectivity index is 1.34. The molecule has 0 aliphatic carbocycles. The number of hydrogen-bond acceptors (Lipinski definition) is 5. The van der Waals surface area contributed by atoms with Gasteiger partial charge < -0.3 is 20.5 Å². The first-order valence-electron chi connectivity index (χ1n) is 12.8. The molecule has 0 heterocycles. The van der Waals surface area contributed by atoms with E-state index >= 15 is 0 Å².